The second-order valence-electron chi connectivity index (χ2n) is 4.42. The van der Waals surface area contributed by atoms with Crippen molar-refractivity contribution >= 4 is 11.4 Å². The topological polar surface area (TPSA) is 38.5 Å². The van der Waals surface area contributed by atoms with Crippen molar-refractivity contribution in [1.29, 1.82) is 0 Å². The summed E-state index contributed by atoms with van der Waals surface area (Å²) < 4.78 is 18.9. The second-order valence-corrected chi connectivity index (χ2v) is 4.42. The molecule has 2 aromatic carbocycles. The highest BCUT2D eigenvalue weighted by Gasteiger charge is 2.08. The Bertz CT molecular complexity index is 572. The number of anilines is 2. The van der Waals surface area contributed by atoms with Crippen LogP contribution in [0.25, 0.3) is 0 Å². The predicted molar refractivity (Wildman–Crippen MR) is 75.9 cm³/mol. The minimum absolute atomic E-state index is 0.235. The number of benzene rings is 2. The number of nitrogens with zero attached hydrogens (tertiary/aromatic N) is 1. The third kappa shape index (κ3) is 3.16. The van der Waals surface area contributed by atoms with Gasteiger partial charge in [-0.3, -0.25) is 0 Å². The van der Waals surface area contributed by atoms with Gasteiger partial charge in [0, 0.05) is 25.3 Å². The minimum Gasteiger partial charge on any atom is -0.497 e. The lowest BCUT2D eigenvalue weighted by atomic mass is 10.1. The minimum atomic E-state index is -0.235. The Hall–Kier alpha value is -2.23. The quantitative estimate of drug-likeness (QED) is 0.859. The van der Waals surface area contributed by atoms with Crippen LogP contribution in [0.5, 0.6) is 5.75 Å². The monoisotopic (exact) mass is 260 g/mol. The van der Waals surface area contributed by atoms with Gasteiger partial charge in [0.25, 0.3) is 0 Å². The van der Waals surface area contributed by atoms with Gasteiger partial charge in [0.05, 0.1) is 12.8 Å². The third-order valence-electron chi connectivity index (χ3n) is 2.91. The van der Waals surface area contributed by atoms with Gasteiger partial charge >= 0.3 is 0 Å². The fraction of sp³-hybridized carbons (Fsp3) is 0.200. The van der Waals surface area contributed by atoms with Crippen molar-refractivity contribution in [1.82, 2.24) is 0 Å². The summed E-state index contributed by atoms with van der Waals surface area (Å²) in [7, 11) is 3.44. The molecule has 0 bridgehead atoms. The number of hydrogen-bond donors (Lipinski definition) is 1. The van der Waals surface area contributed by atoms with Crippen LogP contribution in [0.4, 0.5) is 15.8 Å². The van der Waals surface area contributed by atoms with Gasteiger partial charge in [-0.15, -0.1) is 0 Å². The molecule has 0 amide bonds. The first kappa shape index (κ1) is 13.2. The zero-order chi connectivity index (χ0) is 13.8. The van der Waals surface area contributed by atoms with Crippen LogP contribution >= 0.6 is 0 Å². The summed E-state index contributed by atoms with van der Waals surface area (Å²) >= 11 is 0. The lowest BCUT2D eigenvalue weighted by Gasteiger charge is -2.20. The van der Waals surface area contributed by atoms with Gasteiger partial charge in [-0.2, -0.15) is 0 Å². The summed E-state index contributed by atoms with van der Waals surface area (Å²) in [6, 6.07) is 12.2. The van der Waals surface area contributed by atoms with E-state index in [1.807, 2.05) is 30.1 Å². The van der Waals surface area contributed by atoms with E-state index in [1.165, 1.54) is 6.07 Å². The highest BCUT2D eigenvalue weighted by atomic mass is 19.1. The Kier molecular flexibility index (Phi) is 3.90. The molecule has 0 saturated carbocycles. The molecule has 2 N–H and O–H groups in total. The van der Waals surface area contributed by atoms with Gasteiger partial charge in [-0.25, -0.2) is 4.39 Å². The number of hydrogen-bond acceptors (Lipinski definition) is 3. The molecule has 2 aromatic rings. The second kappa shape index (κ2) is 5.61. The van der Waals surface area contributed by atoms with E-state index < -0.39 is 0 Å². The molecule has 0 aliphatic heterocycles. The Balaban J connectivity index is 2.21. The molecule has 0 aliphatic carbocycles. The van der Waals surface area contributed by atoms with Crippen LogP contribution in [0.1, 0.15) is 5.56 Å². The number of nitrogens with two attached hydrogens (primary N) is 1. The first-order valence-corrected chi connectivity index (χ1v) is 5.99. The molecule has 0 unspecified atom stereocenters. The Morgan fingerprint density at radius 3 is 2.63 bits per heavy atom. The first-order chi connectivity index (χ1) is 9.10. The van der Waals surface area contributed by atoms with Crippen LogP contribution in [0.15, 0.2) is 42.5 Å². The van der Waals surface area contributed by atoms with Crippen LogP contribution in [0, 0.1) is 5.82 Å². The van der Waals surface area contributed by atoms with Crippen molar-refractivity contribution in [2.75, 3.05) is 24.8 Å². The molecule has 0 aliphatic rings. The lowest BCUT2D eigenvalue weighted by molar-refractivity contribution is 0.414. The number of nitrogen functional groups attached to an aromatic ring is 1. The SMILES string of the molecule is COc1cc(N)cc(CN(C)c2ccccc2F)c1. The van der Waals surface area contributed by atoms with E-state index in [1.54, 1.807) is 25.3 Å². The molecular formula is C15H17FN2O. The molecule has 0 heterocycles. The number of para-hydroxylation sites is 1. The highest BCUT2D eigenvalue weighted by molar-refractivity contribution is 5.51. The zero-order valence-corrected chi connectivity index (χ0v) is 11.1. The van der Waals surface area contributed by atoms with Gasteiger partial charge in [0.1, 0.15) is 11.6 Å². The maximum atomic E-state index is 13.7. The maximum Gasteiger partial charge on any atom is 0.146 e. The van der Waals surface area contributed by atoms with Gasteiger partial charge < -0.3 is 15.4 Å². The van der Waals surface area contributed by atoms with Gasteiger partial charge in [0.2, 0.25) is 0 Å². The van der Waals surface area contributed by atoms with E-state index in [-0.39, 0.29) is 5.82 Å². The molecule has 0 saturated heterocycles. The van der Waals surface area contributed by atoms with Gasteiger partial charge in [-0.05, 0) is 29.8 Å². The normalized spacial score (nSPS) is 10.3. The standard InChI is InChI=1S/C15H17FN2O/c1-18(15-6-4-3-5-14(15)16)10-11-7-12(17)9-13(8-11)19-2/h3-9H,10,17H2,1-2H3. The van der Waals surface area contributed by atoms with Crippen molar-refractivity contribution in [3.05, 3.63) is 53.8 Å². The molecule has 3 nitrogen and oxygen atoms in total. The average molecular weight is 260 g/mol. The van der Waals surface area contributed by atoms with E-state index in [9.17, 15) is 4.39 Å². The largest absolute Gasteiger partial charge is 0.497 e. The summed E-state index contributed by atoms with van der Waals surface area (Å²) in [6.45, 7) is 0.558. The number of rotatable bonds is 4. The smallest absolute Gasteiger partial charge is 0.146 e. The van der Waals surface area contributed by atoms with E-state index in [0.29, 0.717) is 23.7 Å². The van der Waals surface area contributed by atoms with Crippen LogP contribution in [0.2, 0.25) is 0 Å². The molecule has 19 heavy (non-hydrogen) atoms. The van der Waals surface area contributed by atoms with Gasteiger partial charge in [0.15, 0.2) is 0 Å². The van der Waals surface area contributed by atoms with Crippen molar-refractivity contribution in [3.63, 3.8) is 0 Å². The average Bonchev–Trinajstić information content (AvgIpc) is 2.38. The molecule has 0 aromatic heterocycles. The molecule has 0 radical (unpaired) electrons. The van der Waals surface area contributed by atoms with Crippen molar-refractivity contribution in [2.24, 2.45) is 0 Å². The van der Waals surface area contributed by atoms with E-state index >= 15 is 0 Å². The summed E-state index contributed by atoms with van der Waals surface area (Å²) in [4.78, 5) is 1.84. The summed E-state index contributed by atoms with van der Waals surface area (Å²) in [5.74, 6) is 0.470. The van der Waals surface area contributed by atoms with E-state index in [4.69, 9.17) is 10.5 Å². The number of ether oxygens (including phenoxy) is 1. The fourth-order valence-corrected chi connectivity index (χ4v) is 2.02. The first-order valence-electron chi connectivity index (χ1n) is 5.99. The Morgan fingerprint density at radius 1 is 1.21 bits per heavy atom. The maximum absolute atomic E-state index is 13.7. The lowest BCUT2D eigenvalue weighted by Crippen LogP contribution is -2.17. The molecule has 0 spiro atoms. The van der Waals surface area contributed by atoms with Crippen LogP contribution in [-0.4, -0.2) is 14.2 Å². The summed E-state index contributed by atoms with van der Waals surface area (Å²) in [6.07, 6.45) is 0. The fourth-order valence-electron chi connectivity index (χ4n) is 2.02. The molecule has 0 fully saturated rings. The number of methoxy groups -OCH3 is 1. The summed E-state index contributed by atoms with van der Waals surface area (Å²) in [5, 5.41) is 0. The van der Waals surface area contributed by atoms with Crippen LogP contribution in [-0.2, 0) is 6.54 Å². The molecule has 2 rings (SSSR count). The number of halogens is 1. The van der Waals surface area contributed by atoms with Crippen LogP contribution < -0.4 is 15.4 Å². The van der Waals surface area contributed by atoms with E-state index in [0.717, 1.165) is 5.56 Å². The van der Waals surface area contributed by atoms with Gasteiger partial charge in [-0.1, -0.05) is 12.1 Å². The van der Waals surface area contributed by atoms with Crippen molar-refractivity contribution < 1.29 is 9.13 Å². The van der Waals surface area contributed by atoms with Crippen LogP contribution in [0.3, 0.4) is 0 Å². The summed E-state index contributed by atoms with van der Waals surface area (Å²) in [5.41, 5.74) is 7.98. The van der Waals surface area contributed by atoms with E-state index in [2.05, 4.69) is 0 Å². The zero-order valence-electron chi connectivity index (χ0n) is 11.1. The van der Waals surface area contributed by atoms with Crippen molar-refractivity contribution in [3.8, 4) is 5.75 Å². The highest BCUT2D eigenvalue weighted by Crippen LogP contribution is 2.23. The molecular weight excluding hydrogens is 243 g/mol. The Morgan fingerprint density at radius 2 is 1.95 bits per heavy atom. The molecule has 4 heteroatoms. The Labute approximate surface area is 112 Å². The van der Waals surface area contributed by atoms with Crippen molar-refractivity contribution in [2.45, 2.75) is 6.54 Å². The molecule has 100 valence electrons. The predicted octanol–water partition coefficient (Wildman–Crippen LogP) is 3.05. The molecule has 0 atom stereocenters. The third-order valence-corrected chi connectivity index (χ3v) is 2.91.